The van der Waals surface area contributed by atoms with E-state index in [1.807, 2.05) is 42.5 Å². The lowest BCUT2D eigenvalue weighted by Gasteiger charge is -2.20. The highest BCUT2D eigenvalue weighted by atomic mass is 16.5. The third kappa shape index (κ3) is 5.33. The largest absolute Gasteiger partial charge is 0.495 e. The molecule has 0 fully saturated rings. The molecular weight excluding hydrogens is 290 g/mol. The molecule has 0 aliphatic carbocycles. The quantitative estimate of drug-likeness (QED) is 0.755. The predicted octanol–water partition coefficient (Wildman–Crippen LogP) is 3.67. The lowest BCUT2D eigenvalue weighted by atomic mass is 10.0. The molecular formula is C19H23NO3. The summed E-state index contributed by atoms with van der Waals surface area (Å²) in [5, 5.41) is 3.41. The molecule has 1 atom stereocenters. The Morgan fingerprint density at radius 1 is 1.04 bits per heavy atom. The first-order chi connectivity index (χ1) is 11.2. The fraction of sp³-hybridized carbons (Fsp3) is 0.316. The van der Waals surface area contributed by atoms with Gasteiger partial charge in [-0.15, -0.1) is 0 Å². The molecule has 0 aromatic heterocycles. The summed E-state index contributed by atoms with van der Waals surface area (Å²) in [4.78, 5) is 11.7. The van der Waals surface area contributed by atoms with Crippen molar-refractivity contribution in [1.82, 2.24) is 0 Å². The molecule has 4 heteroatoms. The van der Waals surface area contributed by atoms with Gasteiger partial charge in [-0.3, -0.25) is 4.79 Å². The number of rotatable bonds is 8. The van der Waals surface area contributed by atoms with E-state index in [-0.39, 0.29) is 12.0 Å². The van der Waals surface area contributed by atoms with Gasteiger partial charge in [-0.2, -0.15) is 0 Å². The maximum atomic E-state index is 11.7. The van der Waals surface area contributed by atoms with Gasteiger partial charge in [0, 0.05) is 6.04 Å². The lowest BCUT2D eigenvalue weighted by molar-refractivity contribution is -0.140. The van der Waals surface area contributed by atoms with Gasteiger partial charge in [0.1, 0.15) is 5.75 Å². The summed E-state index contributed by atoms with van der Waals surface area (Å²) in [7, 11) is 3.06. The van der Waals surface area contributed by atoms with Crippen LogP contribution in [-0.4, -0.2) is 26.2 Å². The molecule has 2 rings (SSSR count). The molecule has 0 saturated heterocycles. The number of nitrogens with one attached hydrogen (secondary N) is 1. The summed E-state index contributed by atoms with van der Waals surface area (Å²) in [6, 6.07) is 17.9. The van der Waals surface area contributed by atoms with Crippen LogP contribution in [0.15, 0.2) is 54.6 Å². The Kier molecular flexibility index (Phi) is 6.48. The second kappa shape index (κ2) is 8.83. The maximum absolute atomic E-state index is 11.7. The minimum absolute atomic E-state index is 0.0149. The van der Waals surface area contributed by atoms with E-state index in [0.717, 1.165) is 24.3 Å². The molecule has 1 N–H and O–H groups in total. The minimum atomic E-state index is -0.217. The highest BCUT2D eigenvalue weighted by molar-refractivity contribution is 5.71. The third-order valence-corrected chi connectivity index (χ3v) is 3.73. The van der Waals surface area contributed by atoms with E-state index in [9.17, 15) is 4.79 Å². The molecule has 0 heterocycles. The minimum Gasteiger partial charge on any atom is -0.495 e. The summed E-state index contributed by atoms with van der Waals surface area (Å²) in [5.41, 5.74) is 2.14. The first-order valence-corrected chi connectivity index (χ1v) is 7.73. The summed E-state index contributed by atoms with van der Waals surface area (Å²) < 4.78 is 10.2. The molecule has 0 aliphatic rings. The fourth-order valence-corrected chi connectivity index (χ4v) is 2.48. The zero-order valence-electron chi connectivity index (χ0n) is 13.6. The van der Waals surface area contributed by atoms with Crippen molar-refractivity contribution in [1.29, 1.82) is 0 Å². The van der Waals surface area contributed by atoms with Gasteiger partial charge in [-0.1, -0.05) is 42.5 Å². The Bertz CT molecular complexity index is 613. The molecule has 0 aliphatic heterocycles. The van der Waals surface area contributed by atoms with Crippen molar-refractivity contribution in [3.63, 3.8) is 0 Å². The molecule has 1 unspecified atom stereocenters. The van der Waals surface area contributed by atoms with Gasteiger partial charge < -0.3 is 14.8 Å². The van der Waals surface area contributed by atoms with Crippen LogP contribution in [0.5, 0.6) is 5.75 Å². The maximum Gasteiger partial charge on any atom is 0.307 e. The van der Waals surface area contributed by atoms with Crippen LogP contribution in [0.4, 0.5) is 5.69 Å². The van der Waals surface area contributed by atoms with Gasteiger partial charge >= 0.3 is 5.97 Å². The average molecular weight is 313 g/mol. The summed E-state index contributed by atoms with van der Waals surface area (Å²) in [5.74, 6) is 0.549. The van der Waals surface area contributed by atoms with Gasteiger partial charge in [0.05, 0.1) is 26.3 Å². The third-order valence-electron chi connectivity index (χ3n) is 3.73. The number of methoxy groups -OCH3 is 2. The van der Waals surface area contributed by atoms with Crippen LogP contribution in [0.2, 0.25) is 0 Å². The van der Waals surface area contributed by atoms with Crippen LogP contribution >= 0.6 is 0 Å². The van der Waals surface area contributed by atoms with Gasteiger partial charge in [0.25, 0.3) is 0 Å². The van der Waals surface area contributed by atoms with Gasteiger partial charge in [-0.25, -0.2) is 0 Å². The van der Waals surface area contributed by atoms with Crippen molar-refractivity contribution in [2.75, 3.05) is 19.5 Å². The van der Waals surface area contributed by atoms with Crippen LogP contribution in [0.3, 0.4) is 0 Å². The zero-order chi connectivity index (χ0) is 16.5. The van der Waals surface area contributed by atoms with E-state index >= 15 is 0 Å². The van der Waals surface area contributed by atoms with Crippen LogP contribution in [-0.2, 0) is 16.0 Å². The van der Waals surface area contributed by atoms with Crippen LogP contribution in [0, 0.1) is 0 Å². The molecule has 0 bridgehead atoms. The molecule has 0 radical (unpaired) electrons. The summed E-state index contributed by atoms with van der Waals surface area (Å²) in [6.45, 7) is 0. The number of anilines is 1. The number of ether oxygens (including phenoxy) is 2. The number of carbonyl (C=O) groups excluding carboxylic acids is 1. The summed E-state index contributed by atoms with van der Waals surface area (Å²) >= 11 is 0. The Balaban J connectivity index is 2.05. The second-order valence-corrected chi connectivity index (χ2v) is 5.35. The van der Waals surface area contributed by atoms with E-state index in [0.29, 0.717) is 6.42 Å². The standard InChI is InChI=1S/C19H23NO3/c1-22-18-11-7-6-10-17(18)20-16(14-19(21)23-2)13-12-15-8-4-3-5-9-15/h3-11,16,20H,12-14H2,1-2H3. The van der Waals surface area contributed by atoms with E-state index in [4.69, 9.17) is 9.47 Å². The van der Waals surface area contributed by atoms with E-state index in [2.05, 4.69) is 17.4 Å². The number of aryl methyl sites for hydroxylation is 1. The van der Waals surface area contributed by atoms with Crippen LogP contribution < -0.4 is 10.1 Å². The van der Waals surface area contributed by atoms with Crippen molar-refractivity contribution in [3.8, 4) is 5.75 Å². The topological polar surface area (TPSA) is 47.6 Å². The highest BCUT2D eigenvalue weighted by Crippen LogP contribution is 2.25. The molecule has 0 spiro atoms. The molecule has 122 valence electrons. The molecule has 0 amide bonds. The first kappa shape index (κ1) is 16.9. The van der Waals surface area contributed by atoms with Crippen molar-refractivity contribution in [2.45, 2.75) is 25.3 Å². The Hall–Kier alpha value is -2.49. The number of carbonyl (C=O) groups is 1. The molecule has 4 nitrogen and oxygen atoms in total. The smallest absolute Gasteiger partial charge is 0.307 e. The van der Waals surface area contributed by atoms with Crippen molar-refractivity contribution in [2.24, 2.45) is 0 Å². The monoisotopic (exact) mass is 313 g/mol. The molecule has 2 aromatic carbocycles. The molecule has 0 saturated carbocycles. The molecule has 23 heavy (non-hydrogen) atoms. The SMILES string of the molecule is COC(=O)CC(CCc1ccccc1)Nc1ccccc1OC. The lowest BCUT2D eigenvalue weighted by Crippen LogP contribution is -2.25. The predicted molar refractivity (Wildman–Crippen MR) is 91.8 cm³/mol. The number of hydrogen-bond donors (Lipinski definition) is 1. The Labute approximate surface area is 137 Å². The zero-order valence-corrected chi connectivity index (χ0v) is 13.6. The van der Waals surface area contributed by atoms with E-state index in [1.165, 1.54) is 12.7 Å². The number of benzene rings is 2. The van der Waals surface area contributed by atoms with Gasteiger partial charge in [-0.05, 0) is 30.5 Å². The van der Waals surface area contributed by atoms with Crippen LogP contribution in [0.1, 0.15) is 18.4 Å². The highest BCUT2D eigenvalue weighted by Gasteiger charge is 2.16. The van der Waals surface area contributed by atoms with E-state index < -0.39 is 0 Å². The van der Waals surface area contributed by atoms with Crippen molar-refractivity contribution < 1.29 is 14.3 Å². The van der Waals surface area contributed by atoms with Gasteiger partial charge in [0.2, 0.25) is 0 Å². The second-order valence-electron chi connectivity index (χ2n) is 5.35. The van der Waals surface area contributed by atoms with Crippen molar-refractivity contribution in [3.05, 3.63) is 60.2 Å². The normalized spacial score (nSPS) is 11.6. The number of esters is 1. The summed E-state index contributed by atoms with van der Waals surface area (Å²) in [6.07, 6.45) is 2.04. The molecule has 2 aromatic rings. The van der Waals surface area contributed by atoms with Crippen LogP contribution in [0.25, 0.3) is 0 Å². The number of hydrogen-bond acceptors (Lipinski definition) is 4. The van der Waals surface area contributed by atoms with Crippen molar-refractivity contribution >= 4 is 11.7 Å². The van der Waals surface area contributed by atoms with E-state index in [1.54, 1.807) is 7.11 Å². The average Bonchev–Trinajstić information content (AvgIpc) is 2.60. The first-order valence-electron chi connectivity index (χ1n) is 7.73. The fourth-order valence-electron chi connectivity index (χ4n) is 2.48. The van der Waals surface area contributed by atoms with Gasteiger partial charge in [0.15, 0.2) is 0 Å². The Morgan fingerprint density at radius 2 is 1.74 bits per heavy atom. The number of para-hydroxylation sites is 2. The Morgan fingerprint density at radius 3 is 2.43 bits per heavy atom.